The molecule has 1 heterocycles. The van der Waals surface area contributed by atoms with Crippen molar-refractivity contribution in [3.8, 4) is 11.6 Å². The molecule has 0 amide bonds. The van der Waals surface area contributed by atoms with Gasteiger partial charge in [-0.1, -0.05) is 48.0 Å². The van der Waals surface area contributed by atoms with Crippen LogP contribution in [0.2, 0.25) is 5.02 Å². The molecule has 3 aromatic carbocycles. The first-order valence-electron chi connectivity index (χ1n) is 8.73. The van der Waals surface area contributed by atoms with E-state index in [1.54, 1.807) is 6.07 Å². The van der Waals surface area contributed by atoms with E-state index < -0.39 is 11.7 Å². The Balaban J connectivity index is 1.67. The average Bonchev–Trinajstić information content (AvgIpc) is 2.72. The topological polar surface area (TPSA) is 73.1 Å². The summed E-state index contributed by atoms with van der Waals surface area (Å²) < 4.78 is 44.9. The maximum atomic E-state index is 13.0. The standard InChI is InChI=1S/C21H14ClF3N4O/c22-15-9-8-13(21(23,24)25)10-16(15)29-19-18(26)20(28-11-27-19)30-17-7-3-5-12-4-1-2-6-14(12)17/h1-11H,26H2,(H,27,28,29). The molecule has 0 fully saturated rings. The van der Waals surface area contributed by atoms with Crippen LogP contribution >= 0.6 is 11.6 Å². The minimum absolute atomic E-state index is 0.00741. The van der Waals surface area contributed by atoms with E-state index in [-0.39, 0.29) is 28.1 Å². The lowest BCUT2D eigenvalue weighted by Gasteiger charge is -2.15. The third kappa shape index (κ3) is 3.95. The van der Waals surface area contributed by atoms with Gasteiger partial charge in [0, 0.05) is 5.39 Å². The van der Waals surface area contributed by atoms with Crippen LogP contribution in [0.5, 0.6) is 11.6 Å². The van der Waals surface area contributed by atoms with Crippen LogP contribution in [-0.2, 0) is 6.18 Å². The summed E-state index contributed by atoms with van der Waals surface area (Å²) in [5.74, 6) is 0.662. The third-order valence-corrected chi connectivity index (χ3v) is 4.68. The van der Waals surface area contributed by atoms with E-state index in [4.69, 9.17) is 22.1 Å². The monoisotopic (exact) mass is 430 g/mol. The van der Waals surface area contributed by atoms with Crippen LogP contribution in [0.4, 0.5) is 30.4 Å². The highest BCUT2D eigenvalue weighted by molar-refractivity contribution is 6.33. The van der Waals surface area contributed by atoms with E-state index in [0.29, 0.717) is 5.75 Å². The number of hydrogen-bond acceptors (Lipinski definition) is 5. The summed E-state index contributed by atoms with van der Waals surface area (Å²) in [6.07, 6.45) is -3.32. The second-order valence-corrected chi connectivity index (χ2v) is 6.75. The first-order valence-corrected chi connectivity index (χ1v) is 9.10. The minimum Gasteiger partial charge on any atom is -0.436 e. The van der Waals surface area contributed by atoms with Crippen molar-refractivity contribution in [2.75, 3.05) is 11.1 Å². The summed E-state index contributed by atoms with van der Waals surface area (Å²) in [6.45, 7) is 0. The second kappa shape index (κ2) is 7.72. The average molecular weight is 431 g/mol. The number of ether oxygens (including phenoxy) is 1. The fraction of sp³-hybridized carbons (Fsp3) is 0.0476. The van der Waals surface area contributed by atoms with Gasteiger partial charge in [0.1, 0.15) is 17.8 Å². The van der Waals surface area contributed by atoms with Crippen molar-refractivity contribution in [3.05, 3.63) is 77.6 Å². The van der Waals surface area contributed by atoms with Crippen molar-refractivity contribution >= 4 is 39.6 Å². The molecule has 0 aliphatic heterocycles. The fourth-order valence-corrected chi connectivity index (χ4v) is 3.04. The van der Waals surface area contributed by atoms with Crippen LogP contribution in [0.1, 0.15) is 5.56 Å². The highest BCUT2D eigenvalue weighted by Crippen LogP contribution is 2.37. The Morgan fingerprint density at radius 3 is 2.53 bits per heavy atom. The zero-order valence-electron chi connectivity index (χ0n) is 15.2. The molecule has 0 aliphatic carbocycles. The summed E-state index contributed by atoms with van der Waals surface area (Å²) in [7, 11) is 0. The predicted molar refractivity (Wildman–Crippen MR) is 110 cm³/mol. The smallest absolute Gasteiger partial charge is 0.416 e. The van der Waals surface area contributed by atoms with Crippen LogP contribution in [0.15, 0.2) is 67.0 Å². The SMILES string of the molecule is Nc1c(Nc2cc(C(F)(F)F)ccc2Cl)ncnc1Oc1cccc2ccccc12. The summed E-state index contributed by atoms with van der Waals surface area (Å²) in [4.78, 5) is 8.05. The first kappa shape index (κ1) is 19.8. The van der Waals surface area contributed by atoms with Gasteiger partial charge in [0.2, 0.25) is 5.88 Å². The maximum absolute atomic E-state index is 13.0. The lowest BCUT2D eigenvalue weighted by atomic mass is 10.1. The summed E-state index contributed by atoms with van der Waals surface area (Å²) in [6, 6.07) is 16.1. The Labute approximate surface area is 174 Å². The number of nitrogen functional groups attached to an aromatic ring is 1. The Hall–Kier alpha value is -3.52. The fourth-order valence-electron chi connectivity index (χ4n) is 2.87. The number of benzene rings is 3. The van der Waals surface area contributed by atoms with Gasteiger partial charge in [-0.15, -0.1) is 0 Å². The van der Waals surface area contributed by atoms with Gasteiger partial charge in [-0.25, -0.2) is 4.98 Å². The Morgan fingerprint density at radius 2 is 1.73 bits per heavy atom. The first-order chi connectivity index (χ1) is 14.3. The van der Waals surface area contributed by atoms with Gasteiger partial charge in [-0.05, 0) is 29.7 Å². The molecule has 152 valence electrons. The molecule has 0 aliphatic rings. The van der Waals surface area contributed by atoms with Crippen LogP contribution in [-0.4, -0.2) is 9.97 Å². The number of halogens is 4. The van der Waals surface area contributed by atoms with Crippen LogP contribution in [0, 0.1) is 0 Å². The van der Waals surface area contributed by atoms with Crippen LogP contribution in [0.25, 0.3) is 10.8 Å². The molecule has 0 unspecified atom stereocenters. The summed E-state index contributed by atoms with van der Waals surface area (Å²) >= 11 is 6.04. The number of anilines is 3. The largest absolute Gasteiger partial charge is 0.436 e. The molecule has 4 aromatic rings. The third-order valence-electron chi connectivity index (χ3n) is 4.35. The molecular formula is C21H14ClF3N4O. The van der Waals surface area contributed by atoms with E-state index in [1.165, 1.54) is 6.33 Å². The highest BCUT2D eigenvalue weighted by Gasteiger charge is 2.31. The van der Waals surface area contributed by atoms with E-state index in [0.717, 1.165) is 29.0 Å². The molecule has 4 rings (SSSR count). The maximum Gasteiger partial charge on any atom is 0.416 e. The molecule has 1 aromatic heterocycles. The van der Waals surface area contributed by atoms with E-state index in [1.807, 2.05) is 36.4 Å². The Bertz CT molecular complexity index is 1230. The predicted octanol–water partition coefficient (Wildman–Crippen LogP) is 6.42. The van der Waals surface area contributed by atoms with Crippen LogP contribution < -0.4 is 15.8 Å². The van der Waals surface area contributed by atoms with Gasteiger partial charge in [-0.3, -0.25) is 0 Å². The van der Waals surface area contributed by atoms with Crippen molar-refractivity contribution in [1.82, 2.24) is 9.97 Å². The number of nitrogens with two attached hydrogens (primary N) is 1. The number of nitrogens with one attached hydrogen (secondary N) is 1. The number of rotatable bonds is 4. The summed E-state index contributed by atoms with van der Waals surface area (Å²) in [5.41, 5.74) is 5.30. The minimum atomic E-state index is -4.51. The van der Waals surface area contributed by atoms with E-state index in [2.05, 4.69) is 15.3 Å². The van der Waals surface area contributed by atoms with Gasteiger partial charge in [0.05, 0.1) is 16.3 Å². The molecule has 0 saturated heterocycles. The van der Waals surface area contributed by atoms with Crippen molar-refractivity contribution in [3.63, 3.8) is 0 Å². The van der Waals surface area contributed by atoms with Gasteiger partial charge in [0.15, 0.2) is 5.82 Å². The van der Waals surface area contributed by atoms with Gasteiger partial charge >= 0.3 is 6.18 Å². The van der Waals surface area contributed by atoms with Crippen molar-refractivity contribution < 1.29 is 17.9 Å². The zero-order valence-corrected chi connectivity index (χ0v) is 16.0. The van der Waals surface area contributed by atoms with Crippen LogP contribution in [0.3, 0.4) is 0 Å². The molecule has 30 heavy (non-hydrogen) atoms. The molecule has 9 heteroatoms. The number of nitrogens with zero attached hydrogens (tertiary/aromatic N) is 2. The van der Waals surface area contributed by atoms with Crippen molar-refractivity contribution in [2.45, 2.75) is 6.18 Å². The molecule has 5 nitrogen and oxygen atoms in total. The Morgan fingerprint density at radius 1 is 0.967 bits per heavy atom. The molecule has 0 radical (unpaired) electrons. The number of hydrogen-bond donors (Lipinski definition) is 2. The van der Waals surface area contributed by atoms with Gasteiger partial charge in [0.25, 0.3) is 0 Å². The number of fused-ring (bicyclic) bond motifs is 1. The number of aromatic nitrogens is 2. The molecular weight excluding hydrogens is 417 g/mol. The molecule has 0 atom stereocenters. The molecule has 3 N–H and O–H groups in total. The van der Waals surface area contributed by atoms with E-state index >= 15 is 0 Å². The Kier molecular flexibility index (Phi) is 5.09. The van der Waals surface area contributed by atoms with Crippen molar-refractivity contribution in [1.29, 1.82) is 0 Å². The number of alkyl halides is 3. The lowest BCUT2D eigenvalue weighted by Crippen LogP contribution is -2.07. The second-order valence-electron chi connectivity index (χ2n) is 6.34. The quantitative estimate of drug-likeness (QED) is 0.391. The van der Waals surface area contributed by atoms with E-state index in [9.17, 15) is 13.2 Å². The normalized spacial score (nSPS) is 11.5. The molecule has 0 saturated carbocycles. The molecule has 0 spiro atoms. The van der Waals surface area contributed by atoms with Gasteiger partial charge < -0.3 is 15.8 Å². The van der Waals surface area contributed by atoms with Gasteiger partial charge in [-0.2, -0.15) is 18.2 Å². The summed E-state index contributed by atoms with van der Waals surface area (Å²) in [5, 5.41) is 4.63. The zero-order chi connectivity index (χ0) is 21.3. The van der Waals surface area contributed by atoms with Crippen molar-refractivity contribution in [2.24, 2.45) is 0 Å². The highest BCUT2D eigenvalue weighted by atomic mass is 35.5. The lowest BCUT2D eigenvalue weighted by molar-refractivity contribution is -0.137. The molecule has 0 bridgehead atoms.